The Hall–Kier alpha value is -2.33. The van der Waals surface area contributed by atoms with Crippen LogP contribution in [0.5, 0.6) is 5.75 Å². The maximum absolute atomic E-state index is 11.3. The van der Waals surface area contributed by atoms with Crippen molar-refractivity contribution in [1.29, 1.82) is 0 Å². The number of benzene rings is 2. The van der Waals surface area contributed by atoms with Gasteiger partial charge in [-0.3, -0.25) is 4.79 Å². The molecule has 0 spiro atoms. The molecule has 4 heteroatoms. The summed E-state index contributed by atoms with van der Waals surface area (Å²) >= 11 is 0. The summed E-state index contributed by atoms with van der Waals surface area (Å²) in [5.41, 5.74) is 3.02. The zero-order valence-corrected chi connectivity index (χ0v) is 13.3. The van der Waals surface area contributed by atoms with Crippen LogP contribution in [0.15, 0.2) is 48.5 Å². The van der Waals surface area contributed by atoms with Gasteiger partial charge in [0.15, 0.2) is 0 Å². The van der Waals surface area contributed by atoms with Gasteiger partial charge < -0.3 is 14.6 Å². The number of hydrogen-bond acceptors (Lipinski definition) is 4. The summed E-state index contributed by atoms with van der Waals surface area (Å²) in [6.07, 6.45) is 1.06. The Balaban J connectivity index is 1.81. The molecule has 2 rings (SSSR count). The summed E-state index contributed by atoms with van der Waals surface area (Å²) in [7, 11) is 0. The number of hydrogen-bond donors (Lipinski definition) is 1. The molecule has 0 aromatic heterocycles. The molecule has 0 unspecified atom stereocenters. The predicted octanol–water partition coefficient (Wildman–Crippen LogP) is 3.25. The second-order valence-electron chi connectivity index (χ2n) is 5.21. The molecule has 0 amide bonds. The fourth-order valence-electron chi connectivity index (χ4n) is 2.14. The van der Waals surface area contributed by atoms with E-state index >= 15 is 0 Å². The minimum atomic E-state index is -0.167. The van der Waals surface area contributed by atoms with Crippen molar-refractivity contribution in [3.8, 4) is 5.75 Å². The molecule has 0 atom stereocenters. The van der Waals surface area contributed by atoms with Gasteiger partial charge in [0, 0.05) is 6.42 Å². The molecule has 1 N–H and O–H groups in total. The minimum Gasteiger partial charge on any atom is -0.489 e. The number of carbonyl (C=O) groups excluding carboxylic acids is 1. The SMILES string of the molecule is CCOC(=O)CCc1ccc(OCc2ccc(CO)cc2)cc1. The molecule has 0 aliphatic rings. The maximum Gasteiger partial charge on any atom is 0.306 e. The summed E-state index contributed by atoms with van der Waals surface area (Å²) in [6, 6.07) is 15.4. The van der Waals surface area contributed by atoms with Crippen molar-refractivity contribution >= 4 is 5.97 Å². The van der Waals surface area contributed by atoms with Gasteiger partial charge in [-0.15, -0.1) is 0 Å². The lowest BCUT2D eigenvalue weighted by Crippen LogP contribution is -2.05. The number of ether oxygens (including phenoxy) is 2. The molecule has 4 nitrogen and oxygen atoms in total. The van der Waals surface area contributed by atoms with Gasteiger partial charge in [-0.25, -0.2) is 0 Å². The van der Waals surface area contributed by atoms with Gasteiger partial charge in [0.25, 0.3) is 0 Å². The fraction of sp³-hybridized carbons (Fsp3) is 0.316. The lowest BCUT2D eigenvalue weighted by atomic mass is 10.1. The smallest absolute Gasteiger partial charge is 0.306 e. The first-order chi connectivity index (χ1) is 11.2. The van der Waals surface area contributed by atoms with Gasteiger partial charge in [-0.05, 0) is 42.2 Å². The average Bonchev–Trinajstić information content (AvgIpc) is 2.60. The first-order valence-corrected chi connectivity index (χ1v) is 7.77. The van der Waals surface area contributed by atoms with Crippen LogP contribution < -0.4 is 4.74 Å². The second-order valence-corrected chi connectivity index (χ2v) is 5.21. The van der Waals surface area contributed by atoms with Crippen LogP contribution in [0.25, 0.3) is 0 Å². The van der Waals surface area contributed by atoms with Gasteiger partial charge in [-0.1, -0.05) is 36.4 Å². The molecule has 0 bridgehead atoms. The molecule has 0 radical (unpaired) electrons. The fourth-order valence-corrected chi connectivity index (χ4v) is 2.14. The highest BCUT2D eigenvalue weighted by atomic mass is 16.5. The molecule has 23 heavy (non-hydrogen) atoms. The number of aliphatic hydroxyl groups is 1. The largest absolute Gasteiger partial charge is 0.489 e. The second kappa shape index (κ2) is 8.96. The molecule has 0 fully saturated rings. The summed E-state index contributed by atoms with van der Waals surface area (Å²) in [6.45, 7) is 2.76. The Morgan fingerprint density at radius 3 is 2.17 bits per heavy atom. The molecule has 0 heterocycles. The van der Waals surface area contributed by atoms with E-state index in [1.54, 1.807) is 6.92 Å². The minimum absolute atomic E-state index is 0.0500. The van der Waals surface area contributed by atoms with E-state index < -0.39 is 0 Å². The van der Waals surface area contributed by atoms with E-state index in [0.29, 0.717) is 26.1 Å². The van der Waals surface area contributed by atoms with Crippen LogP contribution >= 0.6 is 0 Å². The molecular formula is C19H22O4. The predicted molar refractivity (Wildman–Crippen MR) is 88.1 cm³/mol. The van der Waals surface area contributed by atoms with Gasteiger partial charge in [-0.2, -0.15) is 0 Å². The van der Waals surface area contributed by atoms with E-state index in [4.69, 9.17) is 14.6 Å². The van der Waals surface area contributed by atoms with Gasteiger partial charge in [0.1, 0.15) is 12.4 Å². The number of rotatable bonds is 8. The Morgan fingerprint density at radius 1 is 0.957 bits per heavy atom. The molecule has 0 aliphatic heterocycles. The number of aryl methyl sites for hydroxylation is 1. The lowest BCUT2D eigenvalue weighted by molar-refractivity contribution is -0.143. The normalized spacial score (nSPS) is 10.3. The van der Waals surface area contributed by atoms with Gasteiger partial charge >= 0.3 is 5.97 Å². The third-order valence-electron chi connectivity index (χ3n) is 3.46. The number of carbonyl (C=O) groups is 1. The van der Waals surface area contributed by atoms with Crippen LogP contribution in [0, 0.1) is 0 Å². The van der Waals surface area contributed by atoms with Crippen LogP contribution in [0.4, 0.5) is 0 Å². The summed E-state index contributed by atoms with van der Waals surface area (Å²) < 4.78 is 10.6. The van der Waals surface area contributed by atoms with Crippen LogP contribution in [0.3, 0.4) is 0 Å². The summed E-state index contributed by atoms with van der Waals surface area (Å²) in [5, 5.41) is 9.01. The van der Waals surface area contributed by atoms with Crippen LogP contribution in [-0.2, 0) is 29.2 Å². The van der Waals surface area contributed by atoms with E-state index in [1.807, 2.05) is 48.5 Å². The summed E-state index contributed by atoms with van der Waals surface area (Å²) in [5.74, 6) is 0.621. The van der Waals surface area contributed by atoms with Crippen molar-refractivity contribution in [1.82, 2.24) is 0 Å². The number of aliphatic hydroxyl groups excluding tert-OH is 1. The quantitative estimate of drug-likeness (QED) is 0.760. The highest BCUT2D eigenvalue weighted by Crippen LogP contribution is 2.16. The van der Waals surface area contributed by atoms with E-state index in [9.17, 15) is 4.79 Å². The van der Waals surface area contributed by atoms with Crippen LogP contribution in [-0.4, -0.2) is 17.7 Å². The van der Waals surface area contributed by atoms with E-state index in [1.165, 1.54) is 0 Å². The highest BCUT2D eigenvalue weighted by Gasteiger charge is 2.03. The topological polar surface area (TPSA) is 55.8 Å². The zero-order chi connectivity index (χ0) is 16.5. The monoisotopic (exact) mass is 314 g/mol. The maximum atomic E-state index is 11.3. The van der Waals surface area contributed by atoms with E-state index in [2.05, 4.69) is 0 Å². The van der Waals surface area contributed by atoms with Gasteiger partial charge in [0.2, 0.25) is 0 Å². The van der Waals surface area contributed by atoms with Gasteiger partial charge in [0.05, 0.1) is 13.2 Å². The first kappa shape index (κ1) is 17.0. The van der Waals surface area contributed by atoms with Crippen molar-refractivity contribution in [3.63, 3.8) is 0 Å². The lowest BCUT2D eigenvalue weighted by Gasteiger charge is -2.08. The molecule has 0 saturated heterocycles. The molecule has 0 saturated carbocycles. The molecule has 2 aromatic rings. The van der Waals surface area contributed by atoms with Crippen LogP contribution in [0.1, 0.15) is 30.0 Å². The molecule has 2 aromatic carbocycles. The van der Waals surface area contributed by atoms with Crippen molar-refractivity contribution in [3.05, 3.63) is 65.2 Å². The Morgan fingerprint density at radius 2 is 1.57 bits per heavy atom. The Labute approximate surface area is 136 Å². The van der Waals surface area contributed by atoms with Crippen LogP contribution in [0.2, 0.25) is 0 Å². The zero-order valence-electron chi connectivity index (χ0n) is 13.3. The Bertz CT molecular complexity index is 602. The number of esters is 1. The van der Waals surface area contributed by atoms with Crippen molar-refractivity contribution in [2.45, 2.75) is 33.0 Å². The van der Waals surface area contributed by atoms with Crippen molar-refractivity contribution in [2.24, 2.45) is 0 Å². The van der Waals surface area contributed by atoms with Crippen molar-refractivity contribution < 1.29 is 19.4 Å². The standard InChI is InChI=1S/C19H22O4/c1-2-22-19(21)12-9-15-7-10-18(11-8-15)23-14-17-5-3-16(13-20)4-6-17/h3-8,10-11,20H,2,9,12-14H2,1H3. The van der Waals surface area contributed by atoms with Crippen molar-refractivity contribution in [2.75, 3.05) is 6.61 Å². The average molecular weight is 314 g/mol. The highest BCUT2D eigenvalue weighted by molar-refractivity contribution is 5.69. The molecular weight excluding hydrogens is 292 g/mol. The Kier molecular flexibility index (Phi) is 6.63. The first-order valence-electron chi connectivity index (χ1n) is 7.77. The van der Waals surface area contributed by atoms with E-state index in [0.717, 1.165) is 22.4 Å². The molecule has 122 valence electrons. The third kappa shape index (κ3) is 5.75. The third-order valence-corrected chi connectivity index (χ3v) is 3.46. The summed E-state index contributed by atoms with van der Waals surface area (Å²) in [4.78, 5) is 11.3. The molecule has 0 aliphatic carbocycles. The van der Waals surface area contributed by atoms with E-state index in [-0.39, 0.29) is 12.6 Å².